The number of benzene rings is 1. The van der Waals surface area contributed by atoms with Crippen LogP contribution in [-0.2, 0) is 11.2 Å². The van der Waals surface area contributed by atoms with E-state index in [0.29, 0.717) is 18.9 Å². The third-order valence-corrected chi connectivity index (χ3v) is 5.78. The molecule has 1 aromatic heterocycles. The molecule has 2 aliphatic rings. The largest absolute Gasteiger partial charge is 0.443 e. The molecule has 1 aromatic carbocycles. The molecule has 150 valence electrons. The van der Waals surface area contributed by atoms with Crippen LogP contribution in [0.2, 0.25) is 0 Å². The minimum Gasteiger partial charge on any atom is -0.443 e. The van der Waals surface area contributed by atoms with Crippen molar-refractivity contribution >= 4 is 5.91 Å². The number of likely N-dealkylation sites (tertiary alicyclic amines) is 2. The zero-order chi connectivity index (χ0) is 19.3. The van der Waals surface area contributed by atoms with Crippen LogP contribution in [0.1, 0.15) is 61.8 Å². The number of oxazole rings is 1. The SMILES string of the molecule is O=C(CN1CCCCCC1)N1CCC[C@H]1c1ncc(Cc2ccc(F)cc2)o1. The number of hydrogen-bond acceptors (Lipinski definition) is 4. The molecule has 1 amide bonds. The van der Waals surface area contributed by atoms with Crippen molar-refractivity contribution in [2.24, 2.45) is 0 Å². The molecule has 0 N–H and O–H groups in total. The third kappa shape index (κ3) is 4.61. The first kappa shape index (κ1) is 19.1. The lowest BCUT2D eigenvalue weighted by atomic mass is 10.1. The minimum absolute atomic E-state index is 0.0681. The van der Waals surface area contributed by atoms with Gasteiger partial charge in [0.15, 0.2) is 0 Å². The first-order chi connectivity index (χ1) is 13.7. The molecule has 5 nitrogen and oxygen atoms in total. The maximum atomic E-state index is 13.1. The summed E-state index contributed by atoms with van der Waals surface area (Å²) in [4.78, 5) is 21.6. The second-order valence-electron chi connectivity index (χ2n) is 7.90. The molecule has 3 heterocycles. The van der Waals surface area contributed by atoms with Gasteiger partial charge in [-0.2, -0.15) is 0 Å². The number of aromatic nitrogens is 1. The second-order valence-corrected chi connectivity index (χ2v) is 7.90. The van der Waals surface area contributed by atoms with Crippen LogP contribution in [0.25, 0.3) is 0 Å². The summed E-state index contributed by atoms with van der Waals surface area (Å²) in [6, 6.07) is 6.34. The van der Waals surface area contributed by atoms with Gasteiger partial charge in [0.1, 0.15) is 17.6 Å². The second kappa shape index (κ2) is 8.86. The number of carbonyl (C=O) groups excluding carboxylic acids is 1. The molecule has 0 bridgehead atoms. The van der Waals surface area contributed by atoms with Crippen LogP contribution in [0.15, 0.2) is 34.9 Å². The topological polar surface area (TPSA) is 49.6 Å². The van der Waals surface area contributed by atoms with Gasteiger partial charge in [0.25, 0.3) is 0 Å². The Morgan fingerprint density at radius 3 is 2.57 bits per heavy atom. The standard InChI is InChI=1S/C22H28FN3O2/c23-18-9-7-17(8-10-18)14-19-15-24-22(28-19)20-6-5-13-26(20)21(27)16-25-11-3-1-2-4-12-25/h7-10,15,20H,1-6,11-14,16H2/t20-/m0/s1. The van der Waals surface area contributed by atoms with Crippen LogP contribution in [-0.4, -0.2) is 46.9 Å². The molecule has 2 aliphatic heterocycles. The molecule has 0 aliphatic carbocycles. The van der Waals surface area contributed by atoms with Crippen molar-refractivity contribution < 1.29 is 13.6 Å². The van der Waals surface area contributed by atoms with E-state index in [1.807, 2.05) is 4.90 Å². The molecule has 2 aromatic rings. The van der Waals surface area contributed by atoms with Gasteiger partial charge in [-0.25, -0.2) is 9.37 Å². The summed E-state index contributed by atoms with van der Waals surface area (Å²) in [7, 11) is 0. The fourth-order valence-electron chi connectivity index (χ4n) is 4.26. The summed E-state index contributed by atoms with van der Waals surface area (Å²) in [6.07, 6.45) is 9.07. The predicted molar refractivity (Wildman–Crippen MR) is 104 cm³/mol. The number of hydrogen-bond donors (Lipinski definition) is 0. The lowest BCUT2D eigenvalue weighted by Gasteiger charge is -2.26. The normalized spacial score (nSPS) is 21.0. The number of carbonyl (C=O) groups is 1. The van der Waals surface area contributed by atoms with Gasteiger partial charge in [0.2, 0.25) is 11.8 Å². The average molecular weight is 385 g/mol. The minimum atomic E-state index is -0.244. The average Bonchev–Trinajstić information content (AvgIpc) is 3.28. The highest BCUT2D eigenvalue weighted by Gasteiger charge is 2.33. The summed E-state index contributed by atoms with van der Waals surface area (Å²) in [5.74, 6) is 1.31. The smallest absolute Gasteiger partial charge is 0.237 e. The summed E-state index contributed by atoms with van der Waals surface area (Å²) in [5, 5.41) is 0. The molecule has 1 atom stereocenters. The van der Waals surface area contributed by atoms with Gasteiger partial charge < -0.3 is 9.32 Å². The van der Waals surface area contributed by atoms with Gasteiger partial charge in [0.05, 0.1) is 12.7 Å². The van der Waals surface area contributed by atoms with Crippen molar-refractivity contribution in [3.63, 3.8) is 0 Å². The first-order valence-corrected chi connectivity index (χ1v) is 10.4. The van der Waals surface area contributed by atoms with Crippen LogP contribution >= 0.6 is 0 Å². The molecule has 0 radical (unpaired) electrons. The van der Waals surface area contributed by atoms with Crippen LogP contribution in [0.3, 0.4) is 0 Å². The zero-order valence-electron chi connectivity index (χ0n) is 16.3. The van der Waals surface area contributed by atoms with Crippen molar-refractivity contribution in [1.82, 2.24) is 14.8 Å². The molecule has 0 unspecified atom stereocenters. The van der Waals surface area contributed by atoms with E-state index >= 15 is 0 Å². The highest BCUT2D eigenvalue weighted by molar-refractivity contribution is 5.79. The Hall–Kier alpha value is -2.21. The lowest BCUT2D eigenvalue weighted by Crippen LogP contribution is -2.40. The monoisotopic (exact) mass is 385 g/mol. The van der Waals surface area contributed by atoms with E-state index in [1.54, 1.807) is 18.3 Å². The number of halogens is 1. The summed E-state index contributed by atoms with van der Waals surface area (Å²) in [6.45, 7) is 3.31. The Morgan fingerprint density at radius 1 is 1.07 bits per heavy atom. The van der Waals surface area contributed by atoms with Gasteiger partial charge in [-0.05, 0) is 56.5 Å². The number of amides is 1. The summed E-state index contributed by atoms with van der Waals surface area (Å²) < 4.78 is 19.0. The maximum Gasteiger partial charge on any atom is 0.237 e. The van der Waals surface area contributed by atoms with Gasteiger partial charge in [-0.1, -0.05) is 25.0 Å². The Balaban J connectivity index is 1.39. The van der Waals surface area contributed by atoms with Gasteiger partial charge in [-0.3, -0.25) is 9.69 Å². The zero-order valence-corrected chi connectivity index (χ0v) is 16.3. The van der Waals surface area contributed by atoms with Crippen LogP contribution in [0.4, 0.5) is 4.39 Å². The van der Waals surface area contributed by atoms with Crippen molar-refractivity contribution in [2.45, 2.75) is 51.0 Å². The van der Waals surface area contributed by atoms with Gasteiger partial charge in [0, 0.05) is 13.0 Å². The Labute approximate surface area is 165 Å². The van der Waals surface area contributed by atoms with E-state index in [-0.39, 0.29) is 17.8 Å². The molecule has 0 spiro atoms. The third-order valence-electron chi connectivity index (χ3n) is 5.78. The summed E-state index contributed by atoms with van der Waals surface area (Å²) in [5.41, 5.74) is 0.976. The van der Waals surface area contributed by atoms with E-state index in [2.05, 4.69) is 9.88 Å². The molecule has 2 fully saturated rings. The van der Waals surface area contributed by atoms with E-state index in [9.17, 15) is 9.18 Å². The molecule has 2 saturated heterocycles. The summed E-state index contributed by atoms with van der Waals surface area (Å²) >= 11 is 0. The molecule has 0 saturated carbocycles. The van der Waals surface area contributed by atoms with Crippen LogP contribution < -0.4 is 0 Å². The molecule has 4 rings (SSSR count). The molecular formula is C22H28FN3O2. The molecule has 6 heteroatoms. The first-order valence-electron chi connectivity index (χ1n) is 10.4. The van der Waals surface area contributed by atoms with E-state index in [4.69, 9.17) is 4.42 Å². The fraction of sp³-hybridized carbons (Fsp3) is 0.545. The molecular weight excluding hydrogens is 357 g/mol. The Bertz CT molecular complexity index is 781. The van der Waals surface area contributed by atoms with Crippen molar-refractivity contribution in [3.05, 3.63) is 53.5 Å². The highest BCUT2D eigenvalue weighted by Crippen LogP contribution is 2.32. The van der Waals surface area contributed by atoms with E-state index in [0.717, 1.165) is 43.8 Å². The van der Waals surface area contributed by atoms with Crippen molar-refractivity contribution in [2.75, 3.05) is 26.2 Å². The highest BCUT2D eigenvalue weighted by atomic mass is 19.1. The van der Waals surface area contributed by atoms with Gasteiger partial charge >= 0.3 is 0 Å². The maximum absolute atomic E-state index is 13.1. The number of rotatable bonds is 5. The van der Waals surface area contributed by atoms with Crippen molar-refractivity contribution in [1.29, 1.82) is 0 Å². The number of nitrogens with zero attached hydrogens (tertiary/aromatic N) is 3. The quantitative estimate of drug-likeness (QED) is 0.782. The predicted octanol–water partition coefficient (Wildman–Crippen LogP) is 3.94. The van der Waals surface area contributed by atoms with Gasteiger partial charge in [-0.15, -0.1) is 0 Å². The lowest BCUT2D eigenvalue weighted by molar-refractivity contribution is -0.133. The Kier molecular flexibility index (Phi) is 6.05. The van der Waals surface area contributed by atoms with E-state index < -0.39 is 0 Å². The van der Waals surface area contributed by atoms with Crippen molar-refractivity contribution in [3.8, 4) is 0 Å². The Morgan fingerprint density at radius 2 is 1.82 bits per heavy atom. The fourth-order valence-corrected chi connectivity index (χ4v) is 4.26. The van der Waals surface area contributed by atoms with Crippen LogP contribution in [0, 0.1) is 5.82 Å². The van der Waals surface area contributed by atoms with E-state index in [1.165, 1.54) is 37.8 Å². The molecule has 28 heavy (non-hydrogen) atoms. The van der Waals surface area contributed by atoms with Crippen LogP contribution in [0.5, 0.6) is 0 Å².